The van der Waals surface area contributed by atoms with E-state index in [1.807, 2.05) is 13.8 Å². The third-order valence-electron chi connectivity index (χ3n) is 2.40. The van der Waals surface area contributed by atoms with Gasteiger partial charge in [-0.2, -0.15) is 0 Å². The lowest BCUT2D eigenvalue weighted by Gasteiger charge is -2.19. The highest BCUT2D eigenvalue weighted by atomic mass is 19.1. The van der Waals surface area contributed by atoms with Crippen LogP contribution >= 0.6 is 0 Å². The van der Waals surface area contributed by atoms with Gasteiger partial charge in [0.25, 0.3) is 0 Å². The molecule has 84 valence electrons. The summed E-state index contributed by atoms with van der Waals surface area (Å²) in [5, 5.41) is 3.28. The fourth-order valence-corrected chi connectivity index (χ4v) is 1.66. The highest BCUT2D eigenvalue weighted by Crippen LogP contribution is 2.19. The summed E-state index contributed by atoms with van der Waals surface area (Å²) in [5.74, 6) is -0.199. The number of ether oxygens (including phenoxy) is 1. The molecule has 0 amide bonds. The minimum Gasteiger partial charge on any atom is -0.383 e. The first-order valence-electron chi connectivity index (χ1n) is 5.17. The summed E-state index contributed by atoms with van der Waals surface area (Å²) in [6.07, 6.45) is 0. The van der Waals surface area contributed by atoms with Gasteiger partial charge in [0, 0.05) is 7.11 Å². The molecule has 1 aromatic rings. The van der Waals surface area contributed by atoms with Crippen LogP contribution in [-0.4, -0.2) is 20.3 Å². The van der Waals surface area contributed by atoms with Crippen LogP contribution < -0.4 is 5.32 Å². The monoisotopic (exact) mass is 211 g/mol. The van der Waals surface area contributed by atoms with Crippen molar-refractivity contribution in [3.05, 3.63) is 35.1 Å². The molecule has 0 fully saturated rings. The fraction of sp³-hybridized carbons (Fsp3) is 0.500. The first kappa shape index (κ1) is 12.1. The van der Waals surface area contributed by atoms with Gasteiger partial charge in [0.2, 0.25) is 0 Å². The lowest BCUT2D eigenvalue weighted by atomic mass is 10.0. The molecule has 0 bridgehead atoms. The summed E-state index contributed by atoms with van der Waals surface area (Å²) in [6, 6.07) is 4.91. The zero-order valence-corrected chi connectivity index (χ0v) is 9.51. The maximum absolute atomic E-state index is 13.1. The zero-order chi connectivity index (χ0) is 11.3. The second-order valence-corrected chi connectivity index (χ2v) is 3.57. The number of halogens is 1. The highest BCUT2D eigenvalue weighted by molar-refractivity contribution is 5.29. The van der Waals surface area contributed by atoms with E-state index in [2.05, 4.69) is 5.32 Å². The van der Waals surface area contributed by atoms with Gasteiger partial charge < -0.3 is 10.1 Å². The van der Waals surface area contributed by atoms with Gasteiger partial charge in [0.05, 0.1) is 12.6 Å². The average Bonchev–Trinajstić information content (AvgIpc) is 2.21. The third kappa shape index (κ3) is 3.29. The molecule has 0 radical (unpaired) electrons. The van der Waals surface area contributed by atoms with Gasteiger partial charge in [0.15, 0.2) is 0 Å². The van der Waals surface area contributed by atoms with Gasteiger partial charge in [-0.3, -0.25) is 0 Å². The Balaban J connectivity index is 2.93. The molecule has 15 heavy (non-hydrogen) atoms. The van der Waals surface area contributed by atoms with Crippen LogP contribution in [0.3, 0.4) is 0 Å². The van der Waals surface area contributed by atoms with Crippen LogP contribution in [0.5, 0.6) is 0 Å². The second kappa shape index (κ2) is 5.83. The molecule has 1 N–H and O–H groups in total. The predicted octanol–water partition coefficient (Wildman–Crippen LogP) is 2.43. The summed E-state index contributed by atoms with van der Waals surface area (Å²) in [6.45, 7) is 5.40. The second-order valence-electron chi connectivity index (χ2n) is 3.57. The molecule has 0 saturated heterocycles. The van der Waals surface area contributed by atoms with Gasteiger partial charge in [0.1, 0.15) is 5.82 Å². The smallest absolute Gasteiger partial charge is 0.123 e. The number of aryl methyl sites for hydroxylation is 1. The Morgan fingerprint density at radius 2 is 2.20 bits per heavy atom. The fourth-order valence-electron chi connectivity index (χ4n) is 1.66. The van der Waals surface area contributed by atoms with Crippen molar-refractivity contribution in [2.24, 2.45) is 0 Å². The van der Waals surface area contributed by atoms with E-state index in [4.69, 9.17) is 4.74 Å². The van der Waals surface area contributed by atoms with E-state index in [1.54, 1.807) is 19.2 Å². The van der Waals surface area contributed by atoms with Crippen LogP contribution in [0.4, 0.5) is 4.39 Å². The van der Waals surface area contributed by atoms with Crippen molar-refractivity contribution in [3.63, 3.8) is 0 Å². The maximum atomic E-state index is 13.1. The summed E-state index contributed by atoms with van der Waals surface area (Å²) in [5.41, 5.74) is 2.05. The largest absolute Gasteiger partial charge is 0.383 e. The molecule has 0 aliphatic heterocycles. The molecule has 1 atom stereocenters. The Hall–Kier alpha value is -0.930. The van der Waals surface area contributed by atoms with Crippen molar-refractivity contribution in [1.82, 2.24) is 5.32 Å². The van der Waals surface area contributed by atoms with Crippen molar-refractivity contribution in [1.29, 1.82) is 0 Å². The van der Waals surface area contributed by atoms with E-state index in [0.29, 0.717) is 6.61 Å². The summed E-state index contributed by atoms with van der Waals surface area (Å²) >= 11 is 0. The molecular formula is C12H18FNO. The van der Waals surface area contributed by atoms with Gasteiger partial charge in [-0.15, -0.1) is 0 Å². The molecule has 0 aliphatic carbocycles. The topological polar surface area (TPSA) is 21.3 Å². The molecule has 0 saturated carbocycles. The van der Waals surface area contributed by atoms with E-state index >= 15 is 0 Å². The van der Waals surface area contributed by atoms with Crippen LogP contribution in [0, 0.1) is 12.7 Å². The number of benzene rings is 1. The Morgan fingerprint density at radius 3 is 2.80 bits per heavy atom. The molecule has 1 unspecified atom stereocenters. The van der Waals surface area contributed by atoms with Crippen molar-refractivity contribution >= 4 is 0 Å². The first-order chi connectivity index (χ1) is 7.19. The van der Waals surface area contributed by atoms with Crippen molar-refractivity contribution in [2.45, 2.75) is 19.9 Å². The minimum absolute atomic E-state index is 0.0655. The quantitative estimate of drug-likeness (QED) is 0.807. The van der Waals surface area contributed by atoms with Crippen molar-refractivity contribution in [3.8, 4) is 0 Å². The van der Waals surface area contributed by atoms with E-state index in [-0.39, 0.29) is 11.9 Å². The van der Waals surface area contributed by atoms with Crippen LogP contribution in [0.1, 0.15) is 24.1 Å². The van der Waals surface area contributed by atoms with Gasteiger partial charge in [-0.1, -0.05) is 13.0 Å². The van der Waals surface area contributed by atoms with Crippen LogP contribution in [-0.2, 0) is 4.74 Å². The SMILES string of the molecule is CCNC(COC)c1cc(F)ccc1C. The van der Waals surface area contributed by atoms with E-state index in [0.717, 1.165) is 17.7 Å². The predicted molar refractivity (Wildman–Crippen MR) is 59.4 cm³/mol. The number of nitrogens with one attached hydrogen (secondary N) is 1. The van der Waals surface area contributed by atoms with Crippen LogP contribution in [0.2, 0.25) is 0 Å². The Bertz CT molecular complexity index is 308. The van der Waals surface area contributed by atoms with E-state index in [9.17, 15) is 4.39 Å². The normalized spacial score (nSPS) is 12.8. The minimum atomic E-state index is -0.199. The number of hydrogen-bond acceptors (Lipinski definition) is 2. The molecule has 1 aromatic carbocycles. The summed E-state index contributed by atoms with van der Waals surface area (Å²) in [7, 11) is 1.65. The van der Waals surface area contributed by atoms with Gasteiger partial charge >= 0.3 is 0 Å². The lowest BCUT2D eigenvalue weighted by Crippen LogP contribution is -2.25. The van der Waals surface area contributed by atoms with Crippen LogP contribution in [0.25, 0.3) is 0 Å². The highest BCUT2D eigenvalue weighted by Gasteiger charge is 2.12. The van der Waals surface area contributed by atoms with E-state index < -0.39 is 0 Å². The zero-order valence-electron chi connectivity index (χ0n) is 9.51. The number of rotatable bonds is 5. The molecule has 3 heteroatoms. The third-order valence-corrected chi connectivity index (χ3v) is 2.40. The first-order valence-corrected chi connectivity index (χ1v) is 5.17. The maximum Gasteiger partial charge on any atom is 0.123 e. The van der Waals surface area contributed by atoms with E-state index in [1.165, 1.54) is 6.07 Å². The molecule has 0 heterocycles. The van der Waals surface area contributed by atoms with Crippen molar-refractivity contribution < 1.29 is 9.13 Å². The van der Waals surface area contributed by atoms with Crippen LogP contribution in [0.15, 0.2) is 18.2 Å². The van der Waals surface area contributed by atoms with Gasteiger partial charge in [-0.25, -0.2) is 4.39 Å². The molecule has 0 spiro atoms. The molecular weight excluding hydrogens is 193 g/mol. The summed E-state index contributed by atoms with van der Waals surface area (Å²) < 4.78 is 18.2. The van der Waals surface area contributed by atoms with Crippen molar-refractivity contribution in [2.75, 3.05) is 20.3 Å². The average molecular weight is 211 g/mol. The van der Waals surface area contributed by atoms with Gasteiger partial charge in [-0.05, 0) is 36.7 Å². The Morgan fingerprint density at radius 1 is 1.47 bits per heavy atom. The number of likely N-dealkylation sites (N-methyl/N-ethyl adjacent to an activating group) is 1. The number of hydrogen-bond donors (Lipinski definition) is 1. The standard InChI is InChI=1S/C12H18FNO/c1-4-14-12(8-15-3)11-7-10(13)6-5-9(11)2/h5-7,12,14H,4,8H2,1-3H3. The Labute approximate surface area is 90.4 Å². The molecule has 0 aliphatic rings. The Kier molecular flexibility index (Phi) is 4.72. The molecule has 1 rings (SSSR count). The lowest BCUT2D eigenvalue weighted by molar-refractivity contribution is 0.167. The number of methoxy groups -OCH3 is 1. The summed E-state index contributed by atoms with van der Waals surface area (Å²) in [4.78, 5) is 0. The molecule has 0 aromatic heterocycles. The molecule has 2 nitrogen and oxygen atoms in total.